The van der Waals surface area contributed by atoms with Crippen LogP contribution in [0.25, 0.3) is 0 Å². The molecule has 0 aromatic heterocycles. The summed E-state index contributed by atoms with van der Waals surface area (Å²) in [6.45, 7) is 17.7. The molecule has 2 saturated carbocycles. The summed E-state index contributed by atoms with van der Waals surface area (Å²) in [7, 11) is -2.05. The van der Waals surface area contributed by atoms with Crippen molar-refractivity contribution in [2.45, 2.75) is 118 Å². The SMILES string of the molecule is C=CCNC(=O)C(=O)C(CCC)NC(=O)C1[C@@H]2[C@H](CN1C(=O)[C@@H](NC(=O)N[C@H](CN(C)S(C)(=O)=O)C(C)(C)C)C1(C)CCCCC1)C2(C)C. The molecule has 14 heteroatoms. The maximum absolute atomic E-state index is 14.7. The van der Waals surface area contributed by atoms with Crippen LogP contribution in [0, 0.1) is 28.1 Å². The van der Waals surface area contributed by atoms with Gasteiger partial charge in [0.15, 0.2) is 0 Å². The van der Waals surface area contributed by atoms with E-state index in [2.05, 4.69) is 41.7 Å². The van der Waals surface area contributed by atoms with Crippen LogP contribution in [0.1, 0.15) is 93.4 Å². The Hall–Kier alpha value is -3.00. The van der Waals surface area contributed by atoms with Gasteiger partial charge in [-0.1, -0.05) is 80.2 Å². The molecule has 1 aliphatic heterocycles. The van der Waals surface area contributed by atoms with E-state index >= 15 is 0 Å². The Morgan fingerprint density at radius 1 is 1.02 bits per heavy atom. The Balaban J connectivity index is 1.91. The first-order chi connectivity index (χ1) is 22.6. The average Bonchev–Trinajstić information content (AvgIpc) is 3.32. The molecule has 0 bridgehead atoms. The van der Waals surface area contributed by atoms with Crippen molar-refractivity contribution in [1.82, 2.24) is 30.5 Å². The lowest BCUT2D eigenvalue weighted by atomic mass is 9.70. The number of fused-ring (bicyclic) bond motifs is 1. The Labute approximate surface area is 293 Å². The van der Waals surface area contributed by atoms with Crippen molar-refractivity contribution in [3.05, 3.63) is 12.7 Å². The zero-order valence-electron chi connectivity index (χ0n) is 31.0. The fourth-order valence-corrected chi connectivity index (χ4v) is 8.07. The van der Waals surface area contributed by atoms with Crippen molar-refractivity contribution in [3.8, 4) is 0 Å². The van der Waals surface area contributed by atoms with Crippen LogP contribution in [0.3, 0.4) is 0 Å². The number of nitrogens with zero attached hydrogens (tertiary/aromatic N) is 2. The molecular weight excluding hydrogens is 648 g/mol. The maximum Gasteiger partial charge on any atom is 0.315 e. The zero-order chi connectivity index (χ0) is 37.1. The van der Waals surface area contributed by atoms with Gasteiger partial charge in [-0.15, -0.1) is 6.58 Å². The predicted molar refractivity (Wildman–Crippen MR) is 189 cm³/mol. The van der Waals surface area contributed by atoms with Gasteiger partial charge in [0, 0.05) is 32.7 Å². The number of ketones is 1. The lowest BCUT2D eigenvalue weighted by Gasteiger charge is -2.43. The van der Waals surface area contributed by atoms with Crippen molar-refractivity contribution in [2.24, 2.45) is 28.1 Å². The first kappa shape index (κ1) is 40.4. The number of carbonyl (C=O) groups is 5. The van der Waals surface area contributed by atoms with Gasteiger partial charge in [-0.25, -0.2) is 17.5 Å². The predicted octanol–water partition coefficient (Wildman–Crippen LogP) is 2.57. The number of carbonyl (C=O) groups excluding carboxylic acids is 5. The highest BCUT2D eigenvalue weighted by Gasteiger charge is 2.70. The summed E-state index contributed by atoms with van der Waals surface area (Å²) in [6.07, 6.45) is 7.60. The number of amides is 5. The van der Waals surface area contributed by atoms with E-state index in [0.29, 0.717) is 25.8 Å². The Morgan fingerprint density at radius 3 is 2.16 bits per heavy atom. The van der Waals surface area contributed by atoms with Crippen LogP contribution in [0.5, 0.6) is 0 Å². The molecule has 4 N–H and O–H groups in total. The Morgan fingerprint density at radius 2 is 1.63 bits per heavy atom. The van der Waals surface area contributed by atoms with E-state index in [1.54, 1.807) is 4.90 Å². The van der Waals surface area contributed by atoms with Gasteiger partial charge in [-0.2, -0.15) is 0 Å². The second-order valence-electron chi connectivity index (χ2n) is 16.3. The number of likely N-dealkylation sites (tertiary alicyclic amines) is 1. The molecular formula is C35H60N6O7S. The molecule has 6 atom stereocenters. The fraction of sp³-hybridized carbons (Fsp3) is 0.800. The minimum atomic E-state index is -3.50. The maximum atomic E-state index is 14.7. The van der Waals surface area contributed by atoms with E-state index in [0.717, 1.165) is 25.5 Å². The van der Waals surface area contributed by atoms with E-state index in [-0.39, 0.29) is 42.7 Å². The van der Waals surface area contributed by atoms with Crippen LogP contribution < -0.4 is 21.3 Å². The summed E-state index contributed by atoms with van der Waals surface area (Å²) in [6, 6.07) is -4.03. The molecule has 2 aliphatic carbocycles. The third-order valence-electron chi connectivity index (χ3n) is 11.2. The normalized spacial score (nSPS) is 24.5. The summed E-state index contributed by atoms with van der Waals surface area (Å²) in [5, 5.41) is 11.2. The largest absolute Gasteiger partial charge is 0.346 e. The zero-order valence-corrected chi connectivity index (χ0v) is 31.8. The molecule has 5 amide bonds. The lowest BCUT2D eigenvalue weighted by Crippen LogP contribution is -2.63. The summed E-state index contributed by atoms with van der Waals surface area (Å²) in [4.78, 5) is 69.7. The van der Waals surface area contributed by atoms with Crippen LogP contribution in [0.2, 0.25) is 0 Å². The average molecular weight is 709 g/mol. The van der Waals surface area contributed by atoms with Crippen LogP contribution in [0.15, 0.2) is 12.7 Å². The molecule has 2 unspecified atom stereocenters. The standard InChI is InChI=1S/C35H60N6O7S/c1-11-16-23(27(42)30(44)36-19-12-2)37-29(43)26-25-22(34(25,6)7)20-41(26)31(45)28(35(8)17-14-13-15-18-35)39-32(46)38-24(33(3,4)5)21-40(9)49(10,47)48/h12,22-26,28H,2,11,13-21H2,1,3-10H3,(H,36,44)(H,37,43)(H2,38,39,46)/t22-,23?,24+,25-,26?,28+/m0/s1. The first-order valence-electron chi connectivity index (χ1n) is 17.6. The van der Waals surface area contributed by atoms with Crippen molar-refractivity contribution in [2.75, 3.05) is 32.9 Å². The molecule has 13 nitrogen and oxygen atoms in total. The van der Waals surface area contributed by atoms with Gasteiger partial charge in [0.05, 0.1) is 12.3 Å². The van der Waals surface area contributed by atoms with Crippen LogP contribution in [-0.2, 0) is 29.2 Å². The number of hydrogen-bond acceptors (Lipinski definition) is 7. The van der Waals surface area contributed by atoms with Crippen LogP contribution in [-0.4, -0.2) is 104 Å². The van der Waals surface area contributed by atoms with Gasteiger partial charge >= 0.3 is 6.03 Å². The van der Waals surface area contributed by atoms with Gasteiger partial charge < -0.3 is 26.2 Å². The molecule has 49 heavy (non-hydrogen) atoms. The van der Waals surface area contributed by atoms with Crippen LogP contribution >= 0.6 is 0 Å². The van der Waals surface area contributed by atoms with E-state index < -0.39 is 68.6 Å². The molecule has 278 valence electrons. The number of Topliss-reactive ketones (excluding diaryl/α,β-unsaturated/α-hetero) is 1. The van der Waals surface area contributed by atoms with E-state index in [9.17, 15) is 32.4 Å². The first-order valence-corrected chi connectivity index (χ1v) is 19.5. The number of nitrogens with one attached hydrogen (secondary N) is 4. The molecule has 0 spiro atoms. The second-order valence-corrected chi connectivity index (χ2v) is 18.4. The van der Waals surface area contributed by atoms with Crippen molar-refractivity contribution >= 4 is 39.6 Å². The summed E-state index contributed by atoms with van der Waals surface area (Å²) < 4.78 is 25.6. The molecule has 3 fully saturated rings. The Kier molecular flexibility index (Phi) is 12.8. The third-order valence-corrected chi connectivity index (χ3v) is 12.5. The molecule has 1 heterocycles. The van der Waals surface area contributed by atoms with Crippen molar-refractivity contribution in [3.63, 3.8) is 0 Å². The fourth-order valence-electron chi connectivity index (χ4n) is 7.65. The highest BCUT2D eigenvalue weighted by atomic mass is 32.2. The number of sulfonamides is 1. The lowest BCUT2D eigenvalue weighted by molar-refractivity contribution is -0.146. The highest BCUT2D eigenvalue weighted by molar-refractivity contribution is 7.88. The molecule has 3 aliphatic rings. The molecule has 3 rings (SSSR count). The molecule has 0 aromatic rings. The smallest absolute Gasteiger partial charge is 0.315 e. The molecule has 1 saturated heterocycles. The minimum Gasteiger partial charge on any atom is -0.346 e. The molecule has 0 radical (unpaired) electrons. The van der Waals surface area contributed by atoms with Gasteiger partial charge in [0.1, 0.15) is 12.1 Å². The van der Waals surface area contributed by atoms with Gasteiger partial charge in [0.25, 0.3) is 5.91 Å². The molecule has 0 aromatic carbocycles. The van der Waals surface area contributed by atoms with E-state index in [1.807, 2.05) is 34.6 Å². The van der Waals surface area contributed by atoms with Crippen molar-refractivity contribution in [1.29, 1.82) is 0 Å². The van der Waals surface area contributed by atoms with Gasteiger partial charge in [-0.3, -0.25) is 19.2 Å². The van der Waals surface area contributed by atoms with Crippen molar-refractivity contribution < 1.29 is 32.4 Å². The monoisotopic (exact) mass is 708 g/mol. The third kappa shape index (κ3) is 9.42. The second kappa shape index (κ2) is 15.5. The highest BCUT2D eigenvalue weighted by Crippen LogP contribution is 2.65. The summed E-state index contributed by atoms with van der Waals surface area (Å²) in [5.74, 6) is -2.48. The van der Waals surface area contributed by atoms with Gasteiger partial charge in [0.2, 0.25) is 27.6 Å². The summed E-state index contributed by atoms with van der Waals surface area (Å²) in [5.41, 5.74) is -1.30. The number of rotatable bonds is 15. The number of likely N-dealkylation sites (N-methyl/N-ethyl adjacent to an activating group) is 1. The summed E-state index contributed by atoms with van der Waals surface area (Å²) >= 11 is 0. The minimum absolute atomic E-state index is 0.0434. The van der Waals surface area contributed by atoms with E-state index in [1.165, 1.54) is 17.4 Å². The number of hydrogen-bond donors (Lipinski definition) is 4. The van der Waals surface area contributed by atoms with Crippen LogP contribution in [0.4, 0.5) is 4.79 Å². The van der Waals surface area contributed by atoms with Gasteiger partial charge in [-0.05, 0) is 47.3 Å². The quantitative estimate of drug-likeness (QED) is 0.149. The Bertz CT molecular complexity index is 1380. The number of piperidine rings is 1. The number of urea groups is 1. The topological polar surface area (TPSA) is 174 Å². The van der Waals surface area contributed by atoms with E-state index in [4.69, 9.17) is 0 Å².